The molecule has 0 atom stereocenters. The Kier molecular flexibility index (Phi) is 3.83. The summed E-state index contributed by atoms with van der Waals surface area (Å²) in [6, 6.07) is 12.4. The van der Waals surface area contributed by atoms with Crippen LogP contribution in [0.15, 0.2) is 36.4 Å². The van der Waals surface area contributed by atoms with Crippen molar-refractivity contribution in [3.8, 4) is 17.9 Å². The van der Waals surface area contributed by atoms with E-state index in [0.717, 1.165) is 6.07 Å². The maximum absolute atomic E-state index is 13.1. The van der Waals surface area contributed by atoms with Crippen LogP contribution in [0.4, 0.5) is 10.1 Å². The zero-order chi connectivity index (χ0) is 14.5. The number of nitrogens with one attached hydrogen (secondary N) is 1. The van der Waals surface area contributed by atoms with E-state index in [4.69, 9.17) is 10.5 Å². The molecule has 0 spiro atoms. The quantitative estimate of drug-likeness (QED) is 0.896. The van der Waals surface area contributed by atoms with Crippen LogP contribution in [0, 0.1) is 28.5 Å². The predicted molar refractivity (Wildman–Crippen MR) is 71.3 cm³/mol. The molecule has 0 aromatic heterocycles. The molecule has 0 fully saturated rings. The van der Waals surface area contributed by atoms with Gasteiger partial charge in [0.05, 0.1) is 11.1 Å². The van der Waals surface area contributed by atoms with E-state index < -0.39 is 5.82 Å². The standard InChI is InChI=1S/C15H10FN3O/c16-13-3-10(4-15(20)6-13)9-19-14-2-1-11(7-17)12(5-14)8-18/h1-6,19-20H,9H2. The molecule has 98 valence electrons. The van der Waals surface area contributed by atoms with Crippen molar-refractivity contribution in [3.05, 3.63) is 58.9 Å². The molecule has 0 unspecified atom stereocenters. The number of hydrogen-bond acceptors (Lipinski definition) is 4. The van der Waals surface area contributed by atoms with Crippen molar-refractivity contribution in [2.75, 3.05) is 5.32 Å². The third-order valence-electron chi connectivity index (χ3n) is 2.70. The van der Waals surface area contributed by atoms with Gasteiger partial charge in [0.25, 0.3) is 0 Å². The van der Waals surface area contributed by atoms with Crippen LogP contribution < -0.4 is 5.32 Å². The number of phenols is 1. The number of nitriles is 2. The number of aromatic hydroxyl groups is 1. The SMILES string of the molecule is N#Cc1ccc(NCc2cc(O)cc(F)c2)cc1C#N. The molecule has 2 aromatic rings. The van der Waals surface area contributed by atoms with Crippen LogP contribution in [0.3, 0.4) is 0 Å². The van der Waals surface area contributed by atoms with Gasteiger partial charge in [-0.05, 0) is 35.9 Å². The molecule has 0 aliphatic heterocycles. The van der Waals surface area contributed by atoms with Crippen molar-refractivity contribution in [3.63, 3.8) is 0 Å². The Morgan fingerprint density at radius 2 is 1.80 bits per heavy atom. The lowest BCUT2D eigenvalue weighted by Crippen LogP contribution is -2.00. The first kappa shape index (κ1) is 13.4. The van der Waals surface area contributed by atoms with Crippen LogP contribution in [-0.2, 0) is 6.54 Å². The number of anilines is 1. The normalized spacial score (nSPS) is 9.55. The highest BCUT2D eigenvalue weighted by Crippen LogP contribution is 2.18. The summed E-state index contributed by atoms with van der Waals surface area (Å²) in [6.45, 7) is 0.294. The van der Waals surface area contributed by atoms with Gasteiger partial charge >= 0.3 is 0 Å². The number of hydrogen-bond donors (Lipinski definition) is 2. The fourth-order valence-electron chi connectivity index (χ4n) is 1.78. The second-order valence-electron chi connectivity index (χ2n) is 4.16. The molecule has 0 saturated carbocycles. The Balaban J connectivity index is 2.15. The summed E-state index contributed by atoms with van der Waals surface area (Å²) >= 11 is 0. The number of benzene rings is 2. The molecular formula is C15H10FN3O. The minimum atomic E-state index is -0.514. The van der Waals surface area contributed by atoms with Gasteiger partial charge in [-0.15, -0.1) is 0 Å². The minimum absolute atomic E-state index is 0.139. The average molecular weight is 267 g/mol. The molecule has 5 heteroatoms. The van der Waals surface area contributed by atoms with Gasteiger partial charge < -0.3 is 10.4 Å². The van der Waals surface area contributed by atoms with Crippen LogP contribution in [0.25, 0.3) is 0 Å². The van der Waals surface area contributed by atoms with Crippen molar-refractivity contribution >= 4 is 5.69 Å². The van der Waals surface area contributed by atoms with Gasteiger partial charge in [-0.25, -0.2) is 4.39 Å². The molecule has 0 amide bonds. The maximum atomic E-state index is 13.1. The van der Waals surface area contributed by atoms with Crippen LogP contribution in [0.5, 0.6) is 5.75 Å². The van der Waals surface area contributed by atoms with Crippen LogP contribution in [0.1, 0.15) is 16.7 Å². The average Bonchev–Trinajstić information content (AvgIpc) is 2.43. The maximum Gasteiger partial charge on any atom is 0.127 e. The molecule has 2 rings (SSSR count). The zero-order valence-corrected chi connectivity index (χ0v) is 10.4. The lowest BCUT2D eigenvalue weighted by Gasteiger charge is -2.08. The molecule has 0 radical (unpaired) electrons. The van der Waals surface area contributed by atoms with Crippen LogP contribution in [0.2, 0.25) is 0 Å². The van der Waals surface area contributed by atoms with Crippen molar-refractivity contribution < 1.29 is 9.50 Å². The summed E-state index contributed by atoms with van der Waals surface area (Å²) in [6.07, 6.45) is 0. The number of halogens is 1. The summed E-state index contributed by atoms with van der Waals surface area (Å²) in [5.74, 6) is -0.654. The fourth-order valence-corrected chi connectivity index (χ4v) is 1.78. The van der Waals surface area contributed by atoms with Crippen molar-refractivity contribution in [1.29, 1.82) is 10.5 Å². The van der Waals surface area contributed by atoms with Crippen molar-refractivity contribution in [1.82, 2.24) is 0 Å². The molecule has 2 aromatic carbocycles. The fraction of sp³-hybridized carbons (Fsp3) is 0.0667. The van der Waals surface area contributed by atoms with E-state index in [1.54, 1.807) is 18.2 Å². The van der Waals surface area contributed by atoms with Gasteiger partial charge in [0.2, 0.25) is 0 Å². The minimum Gasteiger partial charge on any atom is -0.508 e. The molecule has 20 heavy (non-hydrogen) atoms. The Morgan fingerprint density at radius 1 is 1.05 bits per heavy atom. The van der Waals surface area contributed by atoms with Crippen LogP contribution in [-0.4, -0.2) is 5.11 Å². The van der Waals surface area contributed by atoms with E-state index in [0.29, 0.717) is 23.4 Å². The zero-order valence-electron chi connectivity index (χ0n) is 10.4. The van der Waals surface area contributed by atoms with E-state index in [9.17, 15) is 9.50 Å². The first-order valence-electron chi connectivity index (χ1n) is 5.79. The highest BCUT2D eigenvalue weighted by molar-refractivity contribution is 5.56. The van der Waals surface area contributed by atoms with E-state index in [2.05, 4.69) is 5.32 Å². The molecule has 0 saturated heterocycles. The summed E-state index contributed by atoms with van der Waals surface area (Å²) in [5, 5.41) is 30.0. The monoisotopic (exact) mass is 267 g/mol. The molecular weight excluding hydrogens is 257 g/mol. The molecule has 0 aliphatic rings. The highest BCUT2D eigenvalue weighted by atomic mass is 19.1. The molecule has 0 aliphatic carbocycles. The summed E-state index contributed by atoms with van der Waals surface area (Å²) in [4.78, 5) is 0. The van der Waals surface area contributed by atoms with Gasteiger partial charge in [-0.3, -0.25) is 0 Å². The van der Waals surface area contributed by atoms with Gasteiger partial charge in [-0.1, -0.05) is 0 Å². The number of nitrogens with zero attached hydrogens (tertiary/aromatic N) is 2. The molecule has 0 bridgehead atoms. The predicted octanol–water partition coefficient (Wildman–Crippen LogP) is 2.89. The second-order valence-corrected chi connectivity index (χ2v) is 4.16. The van der Waals surface area contributed by atoms with E-state index in [1.165, 1.54) is 12.1 Å². The smallest absolute Gasteiger partial charge is 0.127 e. The van der Waals surface area contributed by atoms with Crippen LogP contribution >= 0.6 is 0 Å². The van der Waals surface area contributed by atoms with E-state index in [1.807, 2.05) is 12.1 Å². The summed E-state index contributed by atoms with van der Waals surface area (Å²) in [7, 11) is 0. The molecule has 4 nitrogen and oxygen atoms in total. The number of rotatable bonds is 3. The highest BCUT2D eigenvalue weighted by Gasteiger charge is 2.04. The van der Waals surface area contributed by atoms with Gasteiger partial charge in [-0.2, -0.15) is 10.5 Å². The number of phenolic OH excluding ortho intramolecular Hbond substituents is 1. The first-order chi connectivity index (χ1) is 9.62. The Hall–Kier alpha value is -3.05. The third-order valence-corrected chi connectivity index (χ3v) is 2.70. The second kappa shape index (κ2) is 5.73. The lowest BCUT2D eigenvalue weighted by molar-refractivity contribution is 0.468. The Bertz CT molecular complexity index is 709. The largest absolute Gasteiger partial charge is 0.508 e. The van der Waals surface area contributed by atoms with E-state index in [-0.39, 0.29) is 11.3 Å². The van der Waals surface area contributed by atoms with Crippen molar-refractivity contribution in [2.45, 2.75) is 6.54 Å². The van der Waals surface area contributed by atoms with Gasteiger partial charge in [0.1, 0.15) is 23.7 Å². The van der Waals surface area contributed by atoms with E-state index >= 15 is 0 Å². The lowest BCUT2D eigenvalue weighted by atomic mass is 10.1. The topological polar surface area (TPSA) is 79.8 Å². The molecule has 2 N–H and O–H groups in total. The Morgan fingerprint density at radius 3 is 2.45 bits per heavy atom. The first-order valence-corrected chi connectivity index (χ1v) is 5.79. The summed E-state index contributed by atoms with van der Waals surface area (Å²) < 4.78 is 13.1. The molecule has 0 heterocycles. The third kappa shape index (κ3) is 3.04. The van der Waals surface area contributed by atoms with Crippen molar-refractivity contribution in [2.24, 2.45) is 0 Å². The van der Waals surface area contributed by atoms with Gasteiger partial charge in [0.15, 0.2) is 0 Å². The Labute approximate surface area is 115 Å². The van der Waals surface area contributed by atoms with Gasteiger partial charge in [0, 0.05) is 18.3 Å². The summed E-state index contributed by atoms with van der Waals surface area (Å²) in [5.41, 5.74) is 1.80.